The Hall–Kier alpha value is -3.49. The van der Waals surface area contributed by atoms with Crippen LogP contribution < -0.4 is 4.90 Å². The minimum atomic E-state index is -3.81. The number of H-pyrrole nitrogens is 1. The summed E-state index contributed by atoms with van der Waals surface area (Å²) in [6, 6.07) is 11.0. The van der Waals surface area contributed by atoms with Crippen molar-refractivity contribution in [1.82, 2.24) is 19.9 Å². The molecule has 0 bridgehead atoms. The monoisotopic (exact) mass is 494 g/mol. The quantitative estimate of drug-likeness (QED) is 0.549. The predicted molar refractivity (Wildman–Crippen MR) is 130 cm³/mol. The fraction of sp³-hybridized carbons (Fsp3) is 0.417. The van der Waals surface area contributed by atoms with Gasteiger partial charge in [-0.1, -0.05) is 0 Å². The molecule has 1 atom stereocenters. The van der Waals surface area contributed by atoms with Gasteiger partial charge in [-0.15, -0.1) is 0 Å². The van der Waals surface area contributed by atoms with Crippen molar-refractivity contribution in [1.29, 1.82) is 5.26 Å². The van der Waals surface area contributed by atoms with Crippen LogP contribution in [-0.4, -0.2) is 78.8 Å². The van der Waals surface area contributed by atoms with E-state index in [-0.39, 0.29) is 5.75 Å². The summed E-state index contributed by atoms with van der Waals surface area (Å²) in [5, 5.41) is 10.2. The number of nitriles is 1. The Morgan fingerprint density at radius 3 is 2.80 bits per heavy atom. The van der Waals surface area contributed by atoms with Crippen LogP contribution in [-0.2, 0) is 25.1 Å². The van der Waals surface area contributed by atoms with Crippen LogP contribution in [0.3, 0.4) is 0 Å². The van der Waals surface area contributed by atoms with Gasteiger partial charge in [0.2, 0.25) is 5.91 Å². The summed E-state index contributed by atoms with van der Waals surface area (Å²) in [5.74, 6) is -0.504. The smallest absolute Gasteiger partial charge is 0.238 e. The van der Waals surface area contributed by atoms with Crippen molar-refractivity contribution in [3.05, 3.63) is 42.2 Å². The molecule has 2 aliphatic heterocycles. The van der Waals surface area contributed by atoms with Crippen molar-refractivity contribution in [3.8, 4) is 17.5 Å². The van der Waals surface area contributed by atoms with Crippen LogP contribution in [0.4, 0.5) is 5.82 Å². The summed E-state index contributed by atoms with van der Waals surface area (Å²) >= 11 is 0. The summed E-state index contributed by atoms with van der Waals surface area (Å²) in [6.45, 7) is 2.82. The second-order valence-corrected chi connectivity index (χ2v) is 10.9. The van der Waals surface area contributed by atoms with Gasteiger partial charge in [-0.25, -0.2) is 18.4 Å². The van der Waals surface area contributed by atoms with Gasteiger partial charge in [-0.2, -0.15) is 5.26 Å². The first-order valence-corrected chi connectivity index (χ1v) is 13.4. The van der Waals surface area contributed by atoms with Crippen LogP contribution in [0.15, 0.2) is 36.5 Å². The van der Waals surface area contributed by atoms with Gasteiger partial charge in [-0.05, 0) is 37.1 Å². The van der Waals surface area contributed by atoms with E-state index >= 15 is 0 Å². The van der Waals surface area contributed by atoms with Crippen molar-refractivity contribution in [3.63, 3.8) is 0 Å². The highest BCUT2D eigenvalue weighted by Crippen LogP contribution is 2.25. The van der Waals surface area contributed by atoms with Gasteiger partial charge in [0.15, 0.2) is 15.7 Å². The molecule has 2 aromatic heterocycles. The third-order valence-electron chi connectivity index (χ3n) is 6.35. The third-order valence-corrected chi connectivity index (χ3v) is 7.77. The first kappa shape index (κ1) is 23.3. The number of carbonyl (C=O) groups is 1. The number of aromatic amines is 1. The highest BCUT2D eigenvalue weighted by Gasteiger charge is 2.31. The number of hydrogen-bond acceptors (Lipinski definition) is 8. The average Bonchev–Trinajstić information content (AvgIpc) is 3.52. The number of fused-ring (bicyclic) bond motifs is 1. The number of hydrogen-bond donors (Lipinski definition) is 1. The number of benzene rings is 1. The Morgan fingerprint density at radius 1 is 1.17 bits per heavy atom. The van der Waals surface area contributed by atoms with Crippen LogP contribution in [0.25, 0.3) is 22.3 Å². The number of anilines is 1. The summed E-state index contributed by atoms with van der Waals surface area (Å²) in [6.07, 6.45) is 3.13. The number of rotatable bonds is 6. The van der Waals surface area contributed by atoms with Crippen molar-refractivity contribution in [2.24, 2.45) is 0 Å². The standard InChI is InChI=1S/C24H26N6O4S/c25-14-20-2-1-7-30(20)23(31)16-35(32,33)15-19-13-22(29-8-10-34-11-9-29)28-24(27-19)18-3-4-21-17(12-18)5-6-26-21/h3-6,12-13,20,26H,1-2,7-11,15-16H2/t20-/m0/s1. The molecule has 35 heavy (non-hydrogen) atoms. The van der Waals surface area contributed by atoms with Gasteiger partial charge in [0.25, 0.3) is 0 Å². The maximum Gasteiger partial charge on any atom is 0.238 e. The number of aromatic nitrogens is 3. The van der Waals surface area contributed by atoms with Crippen LogP contribution >= 0.6 is 0 Å². The minimum absolute atomic E-state index is 0.330. The average molecular weight is 495 g/mol. The highest BCUT2D eigenvalue weighted by molar-refractivity contribution is 7.91. The van der Waals surface area contributed by atoms with Gasteiger partial charge >= 0.3 is 0 Å². The molecule has 0 radical (unpaired) electrons. The van der Waals surface area contributed by atoms with Gasteiger partial charge in [0.05, 0.1) is 30.7 Å². The number of sulfone groups is 1. The first-order valence-electron chi connectivity index (χ1n) is 11.6. The molecule has 1 amide bonds. The molecule has 0 saturated carbocycles. The minimum Gasteiger partial charge on any atom is -0.378 e. The Morgan fingerprint density at radius 2 is 2.00 bits per heavy atom. The van der Waals surface area contributed by atoms with E-state index in [1.54, 1.807) is 6.07 Å². The van der Waals surface area contributed by atoms with E-state index in [1.807, 2.05) is 35.4 Å². The number of ether oxygens (including phenoxy) is 1. The molecular weight excluding hydrogens is 468 g/mol. The Bertz CT molecular complexity index is 1390. The lowest BCUT2D eigenvalue weighted by molar-refractivity contribution is -0.128. The van der Waals surface area contributed by atoms with Crippen LogP contribution in [0.1, 0.15) is 18.5 Å². The number of carbonyl (C=O) groups excluding carboxylic acids is 1. The molecule has 11 heteroatoms. The van der Waals surface area contributed by atoms with Crippen LogP contribution in [0, 0.1) is 11.3 Å². The third kappa shape index (κ3) is 5.13. The van der Waals surface area contributed by atoms with Crippen LogP contribution in [0.5, 0.6) is 0 Å². The van der Waals surface area contributed by atoms with Crippen molar-refractivity contribution in [2.75, 3.05) is 43.5 Å². The number of nitrogens with zero attached hydrogens (tertiary/aromatic N) is 5. The summed E-state index contributed by atoms with van der Waals surface area (Å²) < 4.78 is 31.5. The largest absolute Gasteiger partial charge is 0.378 e. The molecule has 0 spiro atoms. The van der Waals surface area contributed by atoms with E-state index in [2.05, 4.69) is 16.0 Å². The lowest BCUT2D eigenvalue weighted by Crippen LogP contribution is -2.39. The molecule has 2 saturated heterocycles. The summed E-state index contributed by atoms with van der Waals surface area (Å²) in [7, 11) is -3.81. The molecule has 10 nitrogen and oxygen atoms in total. The molecule has 0 aliphatic carbocycles. The number of morpholine rings is 1. The lowest BCUT2D eigenvalue weighted by atomic mass is 10.1. The van der Waals surface area contributed by atoms with E-state index in [9.17, 15) is 18.5 Å². The topological polar surface area (TPSA) is 132 Å². The molecule has 2 fully saturated rings. The van der Waals surface area contributed by atoms with Gasteiger partial charge in [-0.3, -0.25) is 4.79 Å². The van der Waals surface area contributed by atoms with Crippen LogP contribution in [0.2, 0.25) is 0 Å². The van der Waals surface area contributed by atoms with E-state index in [1.165, 1.54) is 4.90 Å². The molecule has 3 aromatic rings. The zero-order chi connectivity index (χ0) is 24.4. The van der Waals surface area contributed by atoms with E-state index in [0.717, 1.165) is 16.5 Å². The lowest BCUT2D eigenvalue weighted by Gasteiger charge is -2.28. The molecule has 2 aliphatic rings. The normalized spacial score (nSPS) is 18.7. The Kier molecular flexibility index (Phi) is 6.40. The fourth-order valence-electron chi connectivity index (χ4n) is 4.58. The van der Waals surface area contributed by atoms with Gasteiger partial charge in [0.1, 0.15) is 17.6 Å². The molecule has 1 N–H and O–H groups in total. The predicted octanol–water partition coefficient (Wildman–Crippen LogP) is 1.89. The first-order chi connectivity index (χ1) is 16.9. The van der Waals surface area contributed by atoms with E-state index < -0.39 is 27.5 Å². The maximum atomic E-state index is 13.0. The number of likely N-dealkylation sites (tertiary alicyclic amines) is 1. The molecule has 4 heterocycles. The SMILES string of the molecule is N#C[C@@H]1CCCN1C(=O)CS(=O)(=O)Cc1cc(N2CCOCC2)nc(-c2ccc3[nH]ccc3c2)n1. The van der Waals surface area contributed by atoms with E-state index in [4.69, 9.17) is 9.72 Å². The van der Waals surface area contributed by atoms with Gasteiger partial charge < -0.3 is 19.5 Å². The van der Waals surface area contributed by atoms with E-state index in [0.29, 0.717) is 63.0 Å². The van der Waals surface area contributed by atoms with Crippen molar-refractivity contribution < 1.29 is 17.9 Å². The molecule has 182 valence electrons. The Labute approximate surface area is 203 Å². The summed E-state index contributed by atoms with van der Waals surface area (Å²) in [4.78, 5) is 28.5. The zero-order valence-corrected chi connectivity index (χ0v) is 20.0. The summed E-state index contributed by atoms with van der Waals surface area (Å²) in [5.41, 5.74) is 2.09. The number of nitrogens with one attached hydrogen (secondary N) is 1. The van der Waals surface area contributed by atoms with Crippen molar-refractivity contribution >= 4 is 32.5 Å². The second kappa shape index (κ2) is 9.64. The van der Waals surface area contributed by atoms with Crippen molar-refractivity contribution in [2.45, 2.75) is 24.6 Å². The second-order valence-electron chi connectivity index (χ2n) is 8.83. The number of amides is 1. The Balaban J connectivity index is 1.44. The zero-order valence-electron chi connectivity index (χ0n) is 19.2. The molecule has 0 unspecified atom stereocenters. The molecular formula is C24H26N6O4S. The maximum absolute atomic E-state index is 13.0. The fourth-order valence-corrected chi connectivity index (χ4v) is 5.82. The molecule has 1 aromatic carbocycles. The highest BCUT2D eigenvalue weighted by atomic mass is 32.2. The molecule has 5 rings (SSSR count). The van der Waals surface area contributed by atoms with Gasteiger partial charge in [0, 0.05) is 48.4 Å².